The fourth-order valence-electron chi connectivity index (χ4n) is 19.2. The van der Waals surface area contributed by atoms with E-state index in [9.17, 15) is 0 Å². The van der Waals surface area contributed by atoms with Gasteiger partial charge in [-0.2, -0.15) is 19.9 Å². The summed E-state index contributed by atoms with van der Waals surface area (Å²) in [4.78, 5) is 31.7. The van der Waals surface area contributed by atoms with E-state index in [0.717, 1.165) is 154 Å². The molecule has 0 aliphatic heterocycles. The van der Waals surface area contributed by atoms with Crippen LogP contribution >= 0.6 is 0 Å². The van der Waals surface area contributed by atoms with Gasteiger partial charge < -0.3 is 9.13 Å². The molecule has 0 saturated heterocycles. The van der Waals surface area contributed by atoms with Crippen molar-refractivity contribution < 1.29 is 0 Å². The highest BCUT2D eigenvalue weighted by molar-refractivity contribution is 6.96. The van der Waals surface area contributed by atoms with Gasteiger partial charge in [0.15, 0.2) is 23.3 Å². The van der Waals surface area contributed by atoms with Crippen molar-refractivity contribution >= 4 is 110 Å². The molecule has 0 spiro atoms. The van der Waals surface area contributed by atoms with Crippen LogP contribution in [0.4, 0.5) is 0 Å². The minimum Gasteiger partial charge on any atom is -0.309 e. The van der Waals surface area contributed by atoms with Gasteiger partial charge in [0.05, 0.1) is 44.1 Å². The van der Waals surface area contributed by atoms with E-state index in [4.69, 9.17) is 29.9 Å². The van der Waals surface area contributed by atoms with Crippen LogP contribution in [-0.2, 0) is 0 Å². The lowest BCUT2D eigenvalue weighted by Crippen LogP contribution is -2.55. The number of fused-ring (bicyclic) bond motifs is 14. The SMILES string of the molecule is Cc1cc(C)c(B(c2ccc(-c3cc(-c4cccc(-n5c6ccccc6c6ccc7c(c8ccccc8n7-c7nc(-c8ccccc8)nc(-c8ccccc8)n7)c65)c4)cc(-c4cccc(-n5c6ccccc6c6ccc7c(c8ccccc8n7-c7nc(-c8ccccc8)nc(-c8ccccc8)n7)c65)c4)c3)cc2)c2c(C)cc(C)cc2C)c(C)c1. The van der Waals surface area contributed by atoms with E-state index in [2.05, 4.69) is 345 Å². The molecular formula is C108H77BN10. The number of aryl methyl sites for hydroxylation is 6. The molecule has 22 rings (SSSR count). The number of rotatable bonds is 14. The van der Waals surface area contributed by atoms with Crippen molar-refractivity contribution in [2.24, 2.45) is 0 Å². The molecule has 16 aromatic carbocycles. The summed E-state index contributed by atoms with van der Waals surface area (Å²) in [6.45, 7) is 13.6. The first-order valence-corrected chi connectivity index (χ1v) is 40.8. The van der Waals surface area contributed by atoms with Crippen LogP contribution < -0.4 is 16.4 Å². The summed E-state index contributed by atoms with van der Waals surface area (Å²) in [6, 6.07) is 129. The van der Waals surface area contributed by atoms with Crippen LogP contribution in [0.15, 0.2) is 358 Å². The Morgan fingerprint density at radius 2 is 0.521 bits per heavy atom. The van der Waals surface area contributed by atoms with Gasteiger partial charge in [-0.3, -0.25) is 9.13 Å². The van der Waals surface area contributed by atoms with Crippen LogP contribution in [0.25, 0.3) is 189 Å². The van der Waals surface area contributed by atoms with E-state index >= 15 is 0 Å². The van der Waals surface area contributed by atoms with Gasteiger partial charge in [0.1, 0.15) is 0 Å². The molecule has 0 aliphatic rings. The van der Waals surface area contributed by atoms with Crippen molar-refractivity contribution in [3.63, 3.8) is 0 Å². The zero-order chi connectivity index (χ0) is 79.7. The molecule has 119 heavy (non-hydrogen) atoms. The molecule has 0 radical (unpaired) electrons. The van der Waals surface area contributed by atoms with E-state index in [1.807, 2.05) is 72.8 Å². The topological polar surface area (TPSA) is 97.1 Å². The molecule has 10 nitrogen and oxygen atoms in total. The second-order valence-electron chi connectivity index (χ2n) is 31.7. The Hall–Kier alpha value is -15.2. The maximum atomic E-state index is 5.35. The van der Waals surface area contributed by atoms with Crippen molar-refractivity contribution in [3.05, 3.63) is 391 Å². The summed E-state index contributed by atoms with van der Waals surface area (Å²) >= 11 is 0. The molecule has 562 valence electrons. The van der Waals surface area contributed by atoms with Crippen LogP contribution in [0.3, 0.4) is 0 Å². The second kappa shape index (κ2) is 28.4. The van der Waals surface area contributed by atoms with Crippen molar-refractivity contribution in [2.45, 2.75) is 41.5 Å². The molecule has 6 heterocycles. The highest BCUT2D eigenvalue weighted by Crippen LogP contribution is 2.46. The number of nitrogens with zero attached hydrogens (tertiary/aromatic N) is 10. The van der Waals surface area contributed by atoms with Crippen molar-refractivity contribution in [3.8, 4) is 102 Å². The Balaban J connectivity index is 0.743. The third kappa shape index (κ3) is 11.9. The third-order valence-electron chi connectivity index (χ3n) is 24.2. The van der Waals surface area contributed by atoms with Crippen molar-refractivity contribution in [2.75, 3.05) is 0 Å². The van der Waals surface area contributed by atoms with Crippen LogP contribution in [0.5, 0.6) is 0 Å². The van der Waals surface area contributed by atoms with Gasteiger partial charge >= 0.3 is 0 Å². The minimum atomic E-state index is 0.0165. The predicted molar refractivity (Wildman–Crippen MR) is 495 cm³/mol. The van der Waals surface area contributed by atoms with Gasteiger partial charge in [0.25, 0.3) is 0 Å². The molecule has 0 saturated carbocycles. The van der Waals surface area contributed by atoms with Gasteiger partial charge in [-0.15, -0.1) is 0 Å². The summed E-state index contributed by atoms with van der Waals surface area (Å²) in [5, 5.41) is 9.00. The fraction of sp³-hybridized carbons (Fsp3) is 0.0556. The lowest BCUT2D eigenvalue weighted by Gasteiger charge is -2.25. The molecule has 0 amide bonds. The fourth-order valence-corrected chi connectivity index (χ4v) is 19.2. The standard InChI is InChI=1S/C108H77BN10/c1-66-57-68(3)99(69(4)58-66)109(100-70(5)59-67(2)60-71(100)6)82-51-49-72(50-52-82)79-61-80(77-37-27-39-83(64-77)116-91-45-23-19-41-85(91)87-53-55-95-97(101(87)116)89-43-21-25-47-93(89)118(95)107-112-103(73-29-11-7-12-30-73)110-104(113-107)74-31-13-8-14-32-74)63-81(62-79)78-38-28-40-84(65-78)117-92-46-24-20-42-86(92)88-54-56-96-98(102(88)117)90-44-22-26-48-94(90)119(96)108-114-105(75-33-15-9-16-34-75)111-106(115-108)76-35-17-10-18-36-76/h7-65H,1-6H3. The van der Waals surface area contributed by atoms with E-state index in [1.54, 1.807) is 0 Å². The van der Waals surface area contributed by atoms with Crippen molar-refractivity contribution in [1.82, 2.24) is 48.2 Å². The molecular weight excluding hydrogens is 1450 g/mol. The van der Waals surface area contributed by atoms with Gasteiger partial charge in [0.2, 0.25) is 18.6 Å². The van der Waals surface area contributed by atoms with E-state index in [-0.39, 0.29) is 6.71 Å². The molecule has 0 bridgehead atoms. The van der Waals surface area contributed by atoms with Crippen LogP contribution in [-0.4, -0.2) is 54.9 Å². The average molecular weight is 1530 g/mol. The molecule has 0 aliphatic carbocycles. The Bertz CT molecular complexity index is 7250. The Labute approximate surface area is 689 Å². The first-order chi connectivity index (χ1) is 58.5. The molecule has 0 atom stereocenters. The summed E-state index contributed by atoms with van der Waals surface area (Å²) in [5.74, 6) is 3.49. The maximum absolute atomic E-state index is 5.35. The van der Waals surface area contributed by atoms with E-state index in [1.165, 1.54) is 49.8 Å². The van der Waals surface area contributed by atoms with Gasteiger partial charge in [0, 0.05) is 76.7 Å². The Morgan fingerprint density at radius 1 is 0.210 bits per heavy atom. The second-order valence-corrected chi connectivity index (χ2v) is 31.7. The summed E-state index contributed by atoms with van der Waals surface area (Å²) in [6.07, 6.45) is 0. The largest absolute Gasteiger partial charge is 0.309 e. The lowest BCUT2D eigenvalue weighted by atomic mass is 9.34. The predicted octanol–water partition coefficient (Wildman–Crippen LogP) is 24.5. The number of para-hydroxylation sites is 4. The first-order valence-electron chi connectivity index (χ1n) is 40.8. The van der Waals surface area contributed by atoms with Crippen LogP contribution in [0, 0.1) is 41.5 Å². The minimum absolute atomic E-state index is 0.0165. The van der Waals surface area contributed by atoms with E-state index in [0.29, 0.717) is 35.2 Å². The molecule has 0 N–H and O–H groups in total. The number of benzene rings is 16. The molecule has 6 aromatic heterocycles. The zero-order valence-electron chi connectivity index (χ0n) is 66.6. The normalized spacial score (nSPS) is 11.8. The highest BCUT2D eigenvalue weighted by Gasteiger charge is 2.31. The molecule has 11 heteroatoms. The highest BCUT2D eigenvalue weighted by atomic mass is 15.2. The average Bonchev–Trinajstić information content (AvgIpc) is 1.55. The summed E-state index contributed by atoms with van der Waals surface area (Å²) in [5.41, 5.74) is 32.4. The molecule has 0 unspecified atom stereocenters. The Kier molecular flexibility index (Phi) is 16.8. The van der Waals surface area contributed by atoms with Crippen LogP contribution in [0.2, 0.25) is 0 Å². The summed E-state index contributed by atoms with van der Waals surface area (Å²) in [7, 11) is 0. The number of hydrogen-bond acceptors (Lipinski definition) is 6. The quantitative estimate of drug-likeness (QED) is 0.101. The first kappa shape index (κ1) is 70.4. The van der Waals surface area contributed by atoms with Gasteiger partial charge in [-0.05, 0) is 154 Å². The third-order valence-corrected chi connectivity index (χ3v) is 24.2. The zero-order valence-corrected chi connectivity index (χ0v) is 66.6. The summed E-state index contributed by atoms with van der Waals surface area (Å²) < 4.78 is 9.43. The monoisotopic (exact) mass is 1520 g/mol. The van der Waals surface area contributed by atoms with Crippen molar-refractivity contribution in [1.29, 1.82) is 0 Å². The molecule has 22 aromatic rings. The van der Waals surface area contributed by atoms with E-state index < -0.39 is 0 Å². The number of aromatic nitrogens is 10. The Morgan fingerprint density at radius 3 is 0.882 bits per heavy atom. The van der Waals surface area contributed by atoms with Crippen LogP contribution in [0.1, 0.15) is 33.4 Å². The lowest BCUT2D eigenvalue weighted by molar-refractivity contribution is 0.953. The smallest absolute Gasteiger partial charge is 0.242 e. The van der Waals surface area contributed by atoms with Gasteiger partial charge in [-0.1, -0.05) is 329 Å². The maximum Gasteiger partial charge on any atom is 0.242 e. The molecule has 0 fully saturated rings. The number of hydrogen-bond donors (Lipinski definition) is 0. The van der Waals surface area contributed by atoms with Gasteiger partial charge in [-0.25, -0.2) is 9.97 Å².